The fourth-order valence-electron chi connectivity index (χ4n) is 2.65. The molecule has 1 unspecified atom stereocenters. The molecule has 3 rings (SSSR count). The summed E-state index contributed by atoms with van der Waals surface area (Å²) in [4.78, 5) is 36.6. The summed E-state index contributed by atoms with van der Waals surface area (Å²) in [7, 11) is 0. The maximum Gasteiger partial charge on any atom is 0.265 e. The monoisotopic (exact) mass is 335 g/mol. The second-order valence-corrected chi connectivity index (χ2v) is 5.79. The molecule has 0 saturated carbocycles. The molecule has 0 radical (unpaired) electrons. The second-order valence-electron chi connectivity index (χ2n) is 5.79. The van der Waals surface area contributed by atoms with Crippen LogP contribution in [0.15, 0.2) is 59.7 Å². The van der Waals surface area contributed by atoms with E-state index in [1.165, 1.54) is 11.9 Å². The van der Waals surface area contributed by atoms with Crippen LogP contribution in [0.2, 0.25) is 0 Å². The predicted octanol–water partition coefficient (Wildman–Crippen LogP) is 2.87. The molecule has 6 heteroatoms. The van der Waals surface area contributed by atoms with E-state index in [1.54, 1.807) is 55.5 Å². The number of amides is 2. The molecule has 25 heavy (non-hydrogen) atoms. The van der Waals surface area contributed by atoms with Gasteiger partial charge in [-0.3, -0.25) is 14.4 Å². The zero-order valence-corrected chi connectivity index (χ0v) is 13.9. The zero-order chi connectivity index (χ0) is 18.0. The molecule has 6 nitrogen and oxygen atoms in total. The van der Waals surface area contributed by atoms with Gasteiger partial charge in [-0.1, -0.05) is 30.3 Å². The molecular weight excluding hydrogens is 318 g/mol. The Hall–Kier alpha value is -3.28. The van der Waals surface area contributed by atoms with Crippen LogP contribution in [0.1, 0.15) is 24.2 Å². The highest BCUT2D eigenvalue weighted by atomic mass is 16.2. The molecule has 126 valence electrons. The van der Waals surface area contributed by atoms with E-state index in [0.717, 1.165) is 0 Å². The third-order valence-electron chi connectivity index (χ3n) is 3.93. The van der Waals surface area contributed by atoms with E-state index in [1.807, 2.05) is 6.07 Å². The molecule has 1 aliphatic heterocycles. The lowest BCUT2D eigenvalue weighted by Gasteiger charge is -2.14. The van der Waals surface area contributed by atoms with Gasteiger partial charge in [-0.25, -0.2) is 0 Å². The largest absolute Gasteiger partial charge is 0.325 e. The summed E-state index contributed by atoms with van der Waals surface area (Å²) in [6.07, 6.45) is 0. The maximum absolute atomic E-state index is 12.6. The highest BCUT2D eigenvalue weighted by Crippen LogP contribution is 2.24. The Kier molecular flexibility index (Phi) is 4.43. The van der Waals surface area contributed by atoms with Crippen LogP contribution in [0.25, 0.3) is 0 Å². The van der Waals surface area contributed by atoms with Crippen molar-refractivity contribution < 1.29 is 14.4 Å². The number of hydrazone groups is 1. The Morgan fingerprint density at radius 1 is 1.08 bits per heavy atom. The van der Waals surface area contributed by atoms with Gasteiger partial charge in [-0.05, 0) is 38.1 Å². The topological polar surface area (TPSA) is 78.8 Å². The van der Waals surface area contributed by atoms with Crippen LogP contribution in [0, 0.1) is 5.92 Å². The van der Waals surface area contributed by atoms with Crippen LogP contribution in [0.5, 0.6) is 0 Å². The standard InChI is InChI=1S/C19H17N3O3/c1-12-17(19(25)22(21-12)16-9-4-3-5-10-16)18(24)20-15-8-6-7-14(11-15)13(2)23/h3-11,17H,1-2H3,(H,20,24). The van der Waals surface area contributed by atoms with Gasteiger partial charge >= 0.3 is 0 Å². The molecule has 0 aliphatic carbocycles. The molecule has 0 spiro atoms. The number of carbonyl (C=O) groups excluding carboxylic acids is 3. The number of para-hydroxylation sites is 1. The van der Waals surface area contributed by atoms with Gasteiger partial charge in [0.25, 0.3) is 5.91 Å². The molecule has 0 saturated heterocycles. The first kappa shape index (κ1) is 16.6. The summed E-state index contributed by atoms with van der Waals surface area (Å²) in [5.41, 5.74) is 2.00. The minimum Gasteiger partial charge on any atom is -0.325 e. The van der Waals surface area contributed by atoms with E-state index < -0.39 is 17.7 Å². The number of benzene rings is 2. The van der Waals surface area contributed by atoms with E-state index in [4.69, 9.17) is 0 Å². The van der Waals surface area contributed by atoms with Crippen molar-refractivity contribution in [3.63, 3.8) is 0 Å². The summed E-state index contributed by atoms with van der Waals surface area (Å²) in [5.74, 6) is -1.95. The minimum atomic E-state index is -0.985. The maximum atomic E-state index is 12.6. The molecule has 0 fully saturated rings. The number of Topliss-reactive ketones (excluding diaryl/α,β-unsaturated/α-hetero) is 1. The van der Waals surface area contributed by atoms with Crippen molar-refractivity contribution in [2.45, 2.75) is 13.8 Å². The highest BCUT2D eigenvalue weighted by Gasteiger charge is 2.39. The van der Waals surface area contributed by atoms with E-state index in [2.05, 4.69) is 10.4 Å². The van der Waals surface area contributed by atoms with Gasteiger partial charge in [0.2, 0.25) is 5.91 Å². The number of nitrogens with zero attached hydrogens (tertiary/aromatic N) is 2. The lowest BCUT2D eigenvalue weighted by molar-refractivity contribution is -0.127. The highest BCUT2D eigenvalue weighted by molar-refractivity contribution is 6.28. The Bertz CT molecular complexity index is 874. The van der Waals surface area contributed by atoms with Gasteiger partial charge in [0, 0.05) is 11.3 Å². The van der Waals surface area contributed by atoms with Crippen LogP contribution in [0.4, 0.5) is 11.4 Å². The molecular formula is C19H17N3O3. The van der Waals surface area contributed by atoms with Gasteiger partial charge in [-0.2, -0.15) is 10.1 Å². The van der Waals surface area contributed by atoms with Crippen molar-refractivity contribution in [3.05, 3.63) is 60.2 Å². The summed E-state index contributed by atoms with van der Waals surface area (Å²) in [5, 5.41) is 8.15. The van der Waals surface area contributed by atoms with E-state index in [-0.39, 0.29) is 5.78 Å². The molecule has 2 aromatic carbocycles. The summed E-state index contributed by atoms with van der Waals surface area (Å²) >= 11 is 0. The first-order valence-electron chi connectivity index (χ1n) is 7.83. The van der Waals surface area contributed by atoms with Crippen molar-refractivity contribution in [1.82, 2.24) is 0 Å². The van der Waals surface area contributed by atoms with Crippen LogP contribution in [0.3, 0.4) is 0 Å². The lowest BCUT2D eigenvalue weighted by Crippen LogP contribution is -2.36. The average molecular weight is 335 g/mol. The number of rotatable bonds is 4. The summed E-state index contributed by atoms with van der Waals surface area (Å²) < 4.78 is 0. The van der Waals surface area contributed by atoms with Crippen molar-refractivity contribution in [1.29, 1.82) is 0 Å². The minimum absolute atomic E-state index is 0.0963. The van der Waals surface area contributed by atoms with E-state index >= 15 is 0 Å². The number of anilines is 2. The Morgan fingerprint density at radius 3 is 2.48 bits per heavy atom. The average Bonchev–Trinajstić information content (AvgIpc) is 2.90. The molecule has 1 atom stereocenters. The van der Waals surface area contributed by atoms with E-state index in [0.29, 0.717) is 22.6 Å². The molecule has 0 aromatic heterocycles. The van der Waals surface area contributed by atoms with Crippen molar-refractivity contribution in [3.8, 4) is 0 Å². The van der Waals surface area contributed by atoms with Crippen LogP contribution in [-0.4, -0.2) is 23.3 Å². The number of hydrogen-bond acceptors (Lipinski definition) is 4. The Balaban J connectivity index is 1.79. The summed E-state index contributed by atoms with van der Waals surface area (Å²) in [6, 6.07) is 15.6. The van der Waals surface area contributed by atoms with E-state index in [9.17, 15) is 14.4 Å². The Labute approximate surface area is 145 Å². The Morgan fingerprint density at radius 2 is 1.80 bits per heavy atom. The summed E-state index contributed by atoms with van der Waals surface area (Å²) in [6.45, 7) is 3.10. The van der Waals surface area contributed by atoms with Gasteiger partial charge in [0.05, 0.1) is 11.4 Å². The van der Waals surface area contributed by atoms with Crippen molar-refractivity contribution in [2.75, 3.05) is 10.3 Å². The smallest absolute Gasteiger partial charge is 0.265 e. The van der Waals surface area contributed by atoms with Crippen LogP contribution >= 0.6 is 0 Å². The fraction of sp³-hybridized carbons (Fsp3) is 0.158. The molecule has 2 amide bonds. The first-order valence-corrected chi connectivity index (χ1v) is 7.83. The molecule has 1 aliphatic rings. The van der Waals surface area contributed by atoms with Crippen LogP contribution in [-0.2, 0) is 9.59 Å². The van der Waals surface area contributed by atoms with Gasteiger partial charge < -0.3 is 5.32 Å². The quantitative estimate of drug-likeness (QED) is 0.689. The first-order chi connectivity index (χ1) is 12.0. The molecule has 0 bridgehead atoms. The van der Waals surface area contributed by atoms with Crippen molar-refractivity contribution >= 4 is 34.7 Å². The lowest BCUT2D eigenvalue weighted by atomic mass is 10.0. The number of carbonyl (C=O) groups is 3. The van der Waals surface area contributed by atoms with Crippen molar-refractivity contribution in [2.24, 2.45) is 11.0 Å². The second kappa shape index (κ2) is 6.68. The SMILES string of the molecule is CC(=O)c1cccc(NC(=O)C2C(=O)N(c3ccccc3)N=C2C)c1. The number of ketones is 1. The normalized spacial score (nSPS) is 16.6. The molecule has 2 aromatic rings. The number of nitrogens with one attached hydrogen (secondary N) is 1. The van der Waals surface area contributed by atoms with Gasteiger partial charge in [0.1, 0.15) is 0 Å². The zero-order valence-electron chi connectivity index (χ0n) is 13.9. The number of hydrogen-bond donors (Lipinski definition) is 1. The third-order valence-corrected chi connectivity index (χ3v) is 3.93. The van der Waals surface area contributed by atoms with Gasteiger partial charge in [0.15, 0.2) is 11.7 Å². The molecule has 1 heterocycles. The predicted molar refractivity (Wildman–Crippen MR) is 95.6 cm³/mol. The fourth-order valence-corrected chi connectivity index (χ4v) is 2.65. The van der Waals surface area contributed by atoms with Gasteiger partial charge in [-0.15, -0.1) is 0 Å². The third kappa shape index (κ3) is 3.33. The molecule has 1 N–H and O–H groups in total. The van der Waals surface area contributed by atoms with Crippen LogP contribution < -0.4 is 10.3 Å².